The third kappa shape index (κ3) is 2.14. The van der Waals surface area contributed by atoms with Gasteiger partial charge in [0.1, 0.15) is 5.92 Å². The van der Waals surface area contributed by atoms with E-state index < -0.39 is 11.9 Å². The van der Waals surface area contributed by atoms with Crippen molar-refractivity contribution in [2.45, 2.75) is 5.92 Å². The molecule has 1 N–H and O–H groups in total. The first-order valence-electron chi connectivity index (χ1n) is 5.95. The second kappa shape index (κ2) is 5.03. The number of rotatable bonds is 2. The Morgan fingerprint density at radius 2 is 2.10 bits per heavy atom. The van der Waals surface area contributed by atoms with Crippen LogP contribution in [0.15, 0.2) is 39.5 Å². The number of para-hydroxylation sites is 1. The van der Waals surface area contributed by atoms with Gasteiger partial charge >= 0.3 is 5.97 Å². The maximum absolute atomic E-state index is 12.5. The third-order valence-electron chi connectivity index (χ3n) is 3.33. The van der Waals surface area contributed by atoms with Crippen LogP contribution in [0.1, 0.15) is 21.8 Å². The molecule has 0 saturated heterocycles. The van der Waals surface area contributed by atoms with Crippen LogP contribution in [0.5, 0.6) is 0 Å². The summed E-state index contributed by atoms with van der Waals surface area (Å²) in [6.45, 7) is 0.182. The van der Waals surface area contributed by atoms with Crippen molar-refractivity contribution in [2.24, 2.45) is 0 Å². The lowest BCUT2D eigenvalue weighted by molar-refractivity contribution is -0.138. The van der Waals surface area contributed by atoms with Crippen molar-refractivity contribution in [2.75, 3.05) is 11.4 Å². The molecule has 1 unspecified atom stereocenters. The number of carboxylic acids is 1. The SMILES string of the molecule is O=C(O)C1CN(C(=O)c2csc(Br)c2)c2ccccc21. The fourth-order valence-corrected chi connectivity index (χ4v) is 3.52. The highest BCUT2D eigenvalue weighted by molar-refractivity contribution is 9.11. The summed E-state index contributed by atoms with van der Waals surface area (Å²) in [4.78, 5) is 25.4. The van der Waals surface area contributed by atoms with Gasteiger partial charge in [-0.3, -0.25) is 9.59 Å². The van der Waals surface area contributed by atoms with Crippen molar-refractivity contribution >= 4 is 44.8 Å². The van der Waals surface area contributed by atoms with Crippen LogP contribution in [0.2, 0.25) is 0 Å². The summed E-state index contributed by atoms with van der Waals surface area (Å²) in [6.07, 6.45) is 0. The Morgan fingerprint density at radius 1 is 1.35 bits per heavy atom. The van der Waals surface area contributed by atoms with Crippen LogP contribution in [-0.4, -0.2) is 23.5 Å². The molecular weight excluding hydrogens is 342 g/mol. The molecule has 6 heteroatoms. The van der Waals surface area contributed by atoms with E-state index in [1.807, 2.05) is 6.07 Å². The molecule has 102 valence electrons. The van der Waals surface area contributed by atoms with Gasteiger partial charge < -0.3 is 10.0 Å². The molecule has 4 nitrogen and oxygen atoms in total. The number of nitrogens with zero attached hydrogens (tertiary/aromatic N) is 1. The number of fused-ring (bicyclic) bond motifs is 1. The van der Waals surface area contributed by atoms with E-state index in [-0.39, 0.29) is 12.5 Å². The van der Waals surface area contributed by atoms with E-state index in [0.29, 0.717) is 16.8 Å². The van der Waals surface area contributed by atoms with Crippen LogP contribution >= 0.6 is 27.3 Å². The summed E-state index contributed by atoms with van der Waals surface area (Å²) in [6, 6.07) is 8.92. The van der Waals surface area contributed by atoms with Gasteiger partial charge in [-0.2, -0.15) is 0 Å². The van der Waals surface area contributed by atoms with Gasteiger partial charge in [0.25, 0.3) is 5.91 Å². The molecule has 1 aromatic carbocycles. The Balaban J connectivity index is 2.00. The normalized spacial score (nSPS) is 17.1. The minimum atomic E-state index is -0.903. The van der Waals surface area contributed by atoms with E-state index in [2.05, 4.69) is 15.9 Å². The van der Waals surface area contributed by atoms with Gasteiger partial charge in [0.05, 0.1) is 9.35 Å². The molecule has 0 radical (unpaired) electrons. The van der Waals surface area contributed by atoms with Crippen LogP contribution in [0.3, 0.4) is 0 Å². The zero-order valence-corrected chi connectivity index (χ0v) is 12.6. The van der Waals surface area contributed by atoms with Gasteiger partial charge in [-0.15, -0.1) is 11.3 Å². The lowest BCUT2D eigenvalue weighted by Gasteiger charge is -2.16. The molecule has 1 atom stereocenters. The number of carbonyl (C=O) groups is 2. The van der Waals surface area contributed by atoms with Crippen LogP contribution < -0.4 is 4.90 Å². The van der Waals surface area contributed by atoms with E-state index in [1.54, 1.807) is 34.5 Å². The fourth-order valence-electron chi connectivity index (χ4n) is 2.39. The predicted molar refractivity (Wildman–Crippen MR) is 80.5 cm³/mol. The minimum absolute atomic E-state index is 0.164. The summed E-state index contributed by atoms with van der Waals surface area (Å²) in [5.41, 5.74) is 1.96. The molecule has 1 aliphatic heterocycles. The first kappa shape index (κ1) is 13.3. The molecule has 0 saturated carbocycles. The van der Waals surface area contributed by atoms with Crippen LogP contribution in [-0.2, 0) is 4.79 Å². The first-order valence-corrected chi connectivity index (χ1v) is 7.63. The molecular formula is C14H10BrNO3S. The summed E-state index contributed by atoms with van der Waals surface area (Å²) < 4.78 is 0.878. The van der Waals surface area contributed by atoms with Gasteiger partial charge in [-0.1, -0.05) is 18.2 Å². The molecule has 0 bridgehead atoms. The quantitative estimate of drug-likeness (QED) is 0.902. The molecule has 3 rings (SSSR count). The third-order valence-corrected chi connectivity index (χ3v) is 4.83. The highest BCUT2D eigenvalue weighted by Crippen LogP contribution is 2.37. The standard InChI is InChI=1S/C14H10BrNO3S/c15-12-5-8(7-20-12)13(17)16-6-10(14(18)19)9-3-1-2-4-11(9)16/h1-5,7,10H,6H2,(H,18,19). The largest absolute Gasteiger partial charge is 0.481 e. The second-order valence-electron chi connectivity index (χ2n) is 4.50. The molecule has 0 spiro atoms. The predicted octanol–water partition coefficient (Wildman–Crippen LogP) is 3.34. The van der Waals surface area contributed by atoms with Crippen molar-refractivity contribution in [3.63, 3.8) is 0 Å². The average Bonchev–Trinajstić information content (AvgIpc) is 3.02. The van der Waals surface area contributed by atoms with Gasteiger partial charge in [0, 0.05) is 17.6 Å². The first-order chi connectivity index (χ1) is 9.58. The number of halogens is 1. The number of anilines is 1. The molecule has 0 fully saturated rings. The number of benzene rings is 1. The Bertz CT molecular complexity index is 697. The number of thiophene rings is 1. The monoisotopic (exact) mass is 351 g/mol. The van der Waals surface area contributed by atoms with Crippen molar-refractivity contribution in [3.8, 4) is 0 Å². The molecule has 2 aromatic rings. The van der Waals surface area contributed by atoms with E-state index >= 15 is 0 Å². The lowest BCUT2D eigenvalue weighted by atomic mass is 10.0. The minimum Gasteiger partial charge on any atom is -0.481 e. The summed E-state index contributed by atoms with van der Waals surface area (Å²) in [5, 5.41) is 11.1. The number of carboxylic acid groups (broad SMARTS) is 1. The molecule has 1 amide bonds. The summed E-state index contributed by atoms with van der Waals surface area (Å²) in [5.74, 6) is -1.72. The molecule has 1 aromatic heterocycles. The molecule has 20 heavy (non-hydrogen) atoms. The summed E-state index contributed by atoms with van der Waals surface area (Å²) in [7, 11) is 0. The number of amides is 1. The van der Waals surface area contributed by atoms with E-state index in [4.69, 9.17) is 0 Å². The number of carbonyl (C=O) groups excluding carboxylic acids is 1. The Morgan fingerprint density at radius 3 is 2.75 bits per heavy atom. The van der Waals surface area contributed by atoms with Crippen LogP contribution in [0.25, 0.3) is 0 Å². The Labute approximate surface area is 127 Å². The smallest absolute Gasteiger partial charge is 0.312 e. The van der Waals surface area contributed by atoms with Crippen LogP contribution in [0.4, 0.5) is 5.69 Å². The number of hydrogen-bond donors (Lipinski definition) is 1. The van der Waals surface area contributed by atoms with Crippen molar-refractivity contribution < 1.29 is 14.7 Å². The maximum Gasteiger partial charge on any atom is 0.312 e. The highest BCUT2D eigenvalue weighted by atomic mass is 79.9. The maximum atomic E-state index is 12.5. The van der Waals surface area contributed by atoms with Crippen LogP contribution in [0, 0.1) is 0 Å². The van der Waals surface area contributed by atoms with Crippen molar-refractivity contribution in [3.05, 3.63) is 50.6 Å². The van der Waals surface area contributed by atoms with E-state index in [1.165, 1.54) is 11.3 Å². The highest BCUT2D eigenvalue weighted by Gasteiger charge is 2.36. The van der Waals surface area contributed by atoms with E-state index in [9.17, 15) is 14.7 Å². The molecule has 2 heterocycles. The zero-order chi connectivity index (χ0) is 14.3. The topological polar surface area (TPSA) is 57.6 Å². The number of hydrogen-bond acceptors (Lipinski definition) is 3. The van der Waals surface area contributed by atoms with Gasteiger partial charge in [-0.25, -0.2) is 0 Å². The molecule has 1 aliphatic rings. The molecule has 0 aliphatic carbocycles. The average molecular weight is 352 g/mol. The Hall–Kier alpha value is -1.66. The zero-order valence-electron chi connectivity index (χ0n) is 10.2. The Kier molecular flexibility index (Phi) is 3.35. The van der Waals surface area contributed by atoms with Crippen molar-refractivity contribution in [1.29, 1.82) is 0 Å². The van der Waals surface area contributed by atoms with Crippen molar-refractivity contribution in [1.82, 2.24) is 0 Å². The fraction of sp³-hybridized carbons (Fsp3) is 0.143. The second-order valence-corrected chi connectivity index (χ2v) is 6.80. The van der Waals surface area contributed by atoms with Gasteiger partial charge in [-0.05, 0) is 33.6 Å². The van der Waals surface area contributed by atoms with Gasteiger partial charge in [0.2, 0.25) is 0 Å². The van der Waals surface area contributed by atoms with Gasteiger partial charge in [0.15, 0.2) is 0 Å². The lowest BCUT2D eigenvalue weighted by Crippen LogP contribution is -2.30. The van der Waals surface area contributed by atoms with E-state index in [0.717, 1.165) is 3.79 Å². The number of aliphatic carboxylic acids is 1. The summed E-state index contributed by atoms with van der Waals surface area (Å²) >= 11 is 4.76.